The van der Waals surface area contributed by atoms with Crippen molar-refractivity contribution in [2.75, 3.05) is 0 Å². The van der Waals surface area contributed by atoms with Gasteiger partial charge in [-0.2, -0.15) is 5.10 Å². The van der Waals surface area contributed by atoms with E-state index in [2.05, 4.69) is 5.10 Å². The summed E-state index contributed by atoms with van der Waals surface area (Å²) in [5, 5.41) is 4.41. The molecule has 1 aromatic heterocycles. The molecule has 0 saturated heterocycles. The van der Waals surface area contributed by atoms with Crippen molar-refractivity contribution in [2.45, 2.75) is 13.5 Å². The molecule has 0 saturated carbocycles. The molecule has 0 amide bonds. The van der Waals surface area contributed by atoms with Crippen LogP contribution in [-0.4, -0.2) is 9.78 Å². The lowest BCUT2D eigenvalue weighted by Crippen LogP contribution is -1.97. The Morgan fingerprint density at radius 1 is 1.05 bits per heavy atom. The van der Waals surface area contributed by atoms with Crippen molar-refractivity contribution in [3.63, 3.8) is 0 Å². The highest BCUT2D eigenvalue weighted by Gasteiger charge is 2.10. The van der Waals surface area contributed by atoms with Crippen molar-refractivity contribution >= 4 is 0 Å². The average Bonchev–Trinajstić information content (AvgIpc) is 2.89. The number of hydrogen-bond donors (Lipinski definition) is 1. The first-order valence-electron chi connectivity index (χ1n) is 6.89. The molecule has 0 bridgehead atoms. The molecule has 3 nitrogen and oxygen atoms in total. The Hall–Kier alpha value is -2.53. The van der Waals surface area contributed by atoms with Gasteiger partial charge < -0.3 is 5.73 Å². The molecule has 0 atom stereocenters. The van der Waals surface area contributed by atoms with Crippen LogP contribution in [0.3, 0.4) is 0 Å². The third kappa shape index (κ3) is 2.76. The number of rotatable bonds is 3. The predicted molar refractivity (Wildman–Crippen MR) is 81.5 cm³/mol. The summed E-state index contributed by atoms with van der Waals surface area (Å²) in [7, 11) is 0. The summed E-state index contributed by atoms with van der Waals surface area (Å²) < 4.78 is 28.3. The van der Waals surface area contributed by atoms with Crippen LogP contribution in [0, 0.1) is 18.6 Å². The van der Waals surface area contributed by atoms with E-state index in [9.17, 15) is 8.78 Å². The monoisotopic (exact) mass is 299 g/mol. The summed E-state index contributed by atoms with van der Waals surface area (Å²) in [4.78, 5) is 0. The van der Waals surface area contributed by atoms with Crippen molar-refractivity contribution in [2.24, 2.45) is 5.73 Å². The highest BCUT2D eigenvalue weighted by Crippen LogP contribution is 2.26. The molecule has 0 radical (unpaired) electrons. The van der Waals surface area contributed by atoms with Gasteiger partial charge in [0.05, 0.1) is 11.4 Å². The molecule has 0 fully saturated rings. The summed E-state index contributed by atoms with van der Waals surface area (Å²) in [5.41, 5.74) is 9.37. The maximum absolute atomic E-state index is 13.7. The second kappa shape index (κ2) is 5.69. The number of aryl methyl sites for hydroxylation is 1. The lowest BCUT2D eigenvalue weighted by atomic mass is 10.0. The van der Waals surface area contributed by atoms with Crippen molar-refractivity contribution in [3.8, 4) is 16.8 Å². The van der Waals surface area contributed by atoms with Gasteiger partial charge in [-0.15, -0.1) is 0 Å². The van der Waals surface area contributed by atoms with Crippen molar-refractivity contribution in [3.05, 3.63) is 71.6 Å². The largest absolute Gasteiger partial charge is 0.326 e. The summed E-state index contributed by atoms with van der Waals surface area (Å²) in [6.07, 6.45) is 1.80. The number of nitrogens with zero attached hydrogens (tertiary/aromatic N) is 2. The topological polar surface area (TPSA) is 43.8 Å². The molecule has 3 rings (SSSR count). The zero-order chi connectivity index (χ0) is 15.7. The third-order valence-corrected chi connectivity index (χ3v) is 3.49. The van der Waals surface area contributed by atoms with E-state index in [0.717, 1.165) is 28.1 Å². The van der Waals surface area contributed by atoms with Gasteiger partial charge in [0.15, 0.2) is 0 Å². The van der Waals surface area contributed by atoms with Crippen molar-refractivity contribution in [1.82, 2.24) is 9.78 Å². The van der Waals surface area contributed by atoms with Crippen LogP contribution in [0.2, 0.25) is 0 Å². The minimum absolute atomic E-state index is 0.274. The first kappa shape index (κ1) is 14.4. The lowest BCUT2D eigenvalue weighted by molar-refractivity contribution is 0.626. The first-order chi connectivity index (χ1) is 10.6. The van der Waals surface area contributed by atoms with Gasteiger partial charge >= 0.3 is 0 Å². The molecule has 2 aromatic carbocycles. The fraction of sp³-hybridized carbons (Fsp3) is 0.118. The van der Waals surface area contributed by atoms with Crippen LogP contribution < -0.4 is 5.73 Å². The van der Waals surface area contributed by atoms with Gasteiger partial charge in [0, 0.05) is 18.3 Å². The van der Waals surface area contributed by atoms with Crippen LogP contribution in [0.15, 0.2) is 48.7 Å². The minimum Gasteiger partial charge on any atom is -0.326 e. The van der Waals surface area contributed by atoms with E-state index in [1.165, 1.54) is 24.3 Å². The van der Waals surface area contributed by atoms with Gasteiger partial charge in [-0.1, -0.05) is 0 Å². The summed E-state index contributed by atoms with van der Waals surface area (Å²) in [6, 6.07) is 10.8. The number of halogens is 2. The molecular formula is C17H15F2N3. The van der Waals surface area contributed by atoms with E-state index >= 15 is 0 Å². The molecule has 1 heterocycles. The van der Waals surface area contributed by atoms with Crippen LogP contribution in [0.25, 0.3) is 16.8 Å². The van der Waals surface area contributed by atoms with Crippen LogP contribution in [0.4, 0.5) is 8.78 Å². The van der Waals surface area contributed by atoms with Gasteiger partial charge in [-0.25, -0.2) is 13.5 Å². The smallest absolute Gasteiger partial charge is 0.124 e. The third-order valence-electron chi connectivity index (χ3n) is 3.49. The molecule has 22 heavy (non-hydrogen) atoms. The van der Waals surface area contributed by atoms with Gasteiger partial charge in [-0.05, 0) is 60.5 Å². The molecule has 3 aromatic rings. The van der Waals surface area contributed by atoms with Gasteiger partial charge in [0.1, 0.15) is 11.6 Å². The van der Waals surface area contributed by atoms with E-state index in [4.69, 9.17) is 5.73 Å². The summed E-state index contributed by atoms with van der Waals surface area (Å²) >= 11 is 0. The molecule has 0 unspecified atom stereocenters. The second-order valence-electron chi connectivity index (χ2n) is 5.10. The average molecular weight is 299 g/mol. The number of hydrogen-bond acceptors (Lipinski definition) is 2. The number of aromatic nitrogens is 2. The Kier molecular flexibility index (Phi) is 3.73. The van der Waals surface area contributed by atoms with E-state index in [-0.39, 0.29) is 18.2 Å². The van der Waals surface area contributed by atoms with Crippen molar-refractivity contribution in [1.29, 1.82) is 0 Å². The Labute approximate surface area is 127 Å². The Bertz CT molecular complexity index is 807. The first-order valence-corrected chi connectivity index (χ1v) is 6.89. The van der Waals surface area contributed by atoms with Crippen LogP contribution >= 0.6 is 0 Å². The van der Waals surface area contributed by atoms with E-state index in [1.54, 1.807) is 23.0 Å². The molecule has 112 valence electrons. The van der Waals surface area contributed by atoms with Crippen molar-refractivity contribution < 1.29 is 8.78 Å². The second-order valence-corrected chi connectivity index (χ2v) is 5.10. The Balaban J connectivity index is 2.06. The maximum atomic E-state index is 13.7. The molecule has 2 N–H and O–H groups in total. The van der Waals surface area contributed by atoms with Gasteiger partial charge in [0.2, 0.25) is 0 Å². The molecule has 0 aliphatic rings. The fourth-order valence-electron chi connectivity index (χ4n) is 2.39. The molecule has 5 heteroatoms. The zero-order valence-corrected chi connectivity index (χ0v) is 12.1. The lowest BCUT2D eigenvalue weighted by Gasteiger charge is -2.03. The SMILES string of the molecule is Cc1nn(-c2ccc(F)cc2)cc1-c1cc(F)cc(CN)c1. The number of benzene rings is 2. The van der Waals surface area contributed by atoms with Crippen LogP contribution in [-0.2, 0) is 6.54 Å². The minimum atomic E-state index is -0.327. The Morgan fingerprint density at radius 3 is 2.45 bits per heavy atom. The van der Waals surface area contributed by atoms with E-state index < -0.39 is 0 Å². The van der Waals surface area contributed by atoms with Gasteiger partial charge in [-0.3, -0.25) is 0 Å². The highest BCUT2D eigenvalue weighted by molar-refractivity contribution is 5.66. The molecular weight excluding hydrogens is 284 g/mol. The molecule has 0 aliphatic heterocycles. The molecule has 0 aliphatic carbocycles. The van der Waals surface area contributed by atoms with E-state index in [1.807, 2.05) is 13.0 Å². The standard InChI is InChI=1S/C17H15F2N3/c1-11-17(13-6-12(9-20)7-15(19)8-13)10-22(21-11)16-4-2-14(18)3-5-16/h2-8,10H,9,20H2,1H3. The zero-order valence-electron chi connectivity index (χ0n) is 12.1. The van der Waals surface area contributed by atoms with Gasteiger partial charge in [0.25, 0.3) is 0 Å². The number of nitrogens with two attached hydrogens (primary N) is 1. The normalized spacial score (nSPS) is 10.9. The van der Waals surface area contributed by atoms with Crippen LogP contribution in [0.5, 0.6) is 0 Å². The fourth-order valence-corrected chi connectivity index (χ4v) is 2.39. The maximum Gasteiger partial charge on any atom is 0.124 e. The van der Waals surface area contributed by atoms with E-state index in [0.29, 0.717) is 0 Å². The highest BCUT2D eigenvalue weighted by atomic mass is 19.1. The summed E-state index contributed by atoms with van der Waals surface area (Å²) in [5.74, 6) is -0.627. The summed E-state index contributed by atoms with van der Waals surface area (Å²) in [6.45, 7) is 2.12. The molecule has 0 spiro atoms. The van der Waals surface area contributed by atoms with Crippen LogP contribution in [0.1, 0.15) is 11.3 Å². The predicted octanol–water partition coefficient (Wildman–Crippen LogP) is 3.58. The Morgan fingerprint density at radius 2 is 1.77 bits per heavy atom. The quantitative estimate of drug-likeness (QED) is 0.803.